The monoisotopic (exact) mass is 591 g/mol. The lowest BCUT2D eigenvalue weighted by Crippen LogP contribution is -2.41. The Kier molecular flexibility index (Phi) is 7.42. The van der Waals surface area contributed by atoms with Gasteiger partial charge in [-0.25, -0.2) is 31.7 Å². The Morgan fingerprint density at radius 3 is 2.36 bits per heavy atom. The maximum absolute atomic E-state index is 14.0. The predicted octanol–water partition coefficient (Wildman–Crippen LogP) is 5.11. The first-order valence-corrected chi connectivity index (χ1v) is 14.5. The van der Waals surface area contributed by atoms with Crippen molar-refractivity contribution < 1.29 is 31.8 Å². The van der Waals surface area contributed by atoms with Crippen LogP contribution in [0.15, 0.2) is 23.1 Å². The van der Waals surface area contributed by atoms with E-state index in [1.54, 1.807) is 23.8 Å². The first-order valence-electron chi connectivity index (χ1n) is 14.5. The zero-order valence-electron chi connectivity index (χ0n) is 23.2. The molecule has 2 atom stereocenters. The molecule has 3 aromatic heterocycles. The molecule has 10 nitrogen and oxygen atoms in total. The normalized spacial score (nSPS) is 22.2. The van der Waals surface area contributed by atoms with Crippen LogP contribution in [-0.4, -0.2) is 48.6 Å². The molecule has 3 aliphatic rings. The predicted molar refractivity (Wildman–Crippen MR) is 140 cm³/mol. The van der Waals surface area contributed by atoms with Crippen molar-refractivity contribution in [1.29, 1.82) is 0 Å². The molecule has 14 heteroatoms. The number of aromatic nitrogens is 5. The molecule has 3 heterocycles. The van der Waals surface area contributed by atoms with Crippen LogP contribution in [0.2, 0.25) is 0 Å². The van der Waals surface area contributed by atoms with E-state index >= 15 is 0 Å². The number of hydrogen-bond donors (Lipinski definition) is 2. The molecule has 226 valence electrons. The van der Waals surface area contributed by atoms with Crippen LogP contribution in [0.25, 0.3) is 5.65 Å². The van der Waals surface area contributed by atoms with Crippen LogP contribution in [0.3, 0.4) is 0 Å². The lowest BCUT2D eigenvalue weighted by Gasteiger charge is -2.37. The number of fused-ring (bicyclic) bond motifs is 1. The van der Waals surface area contributed by atoms with E-state index in [0.29, 0.717) is 17.0 Å². The van der Waals surface area contributed by atoms with E-state index in [-0.39, 0.29) is 80.3 Å². The number of carbonyl (C=O) groups is 2. The summed E-state index contributed by atoms with van der Waals surface area (Å²) in [6, 6.07) is 0.803. The molecule has 42 heavy (non-hydrogen) atoms. The lowest BCUT2D eigenvalue weighted by molar-refractivity contribution is -0.134. The van der Waals surface area contributed by atoms with Crippen molar-refractivity contribution in [3.8, 4) is 0 Å². The third-order valence-electron chi connectivity index (χ3n) is 9.01. The number of carbonyl (C=O) groups excluding carboxylic acids is 2. The topological polar surface area (TPSA) is 127 Å². The molecule has 3 saturated carbocycles. The average molecular weight is 592 g/mol. The maximum atomic E-state index is 14.0. The van der Waals surface area contributed by atoms with Crippen LogP contribution in [0, 0.1) is 24.7 Å². The molecule has 0 bridgehead atoms. The van der Waals surface area contributed by atoms with E-state index in [9.17, 15) is 27.2 Å². The fourth-order valence-corrected chi connectivity index (χ4v) is 6.38. The van der Waals surface area contributed by atoms with E-state index in [0.717, 1.165) is 24.8 Å². The van der Waals surface area contributed by atoms with Gasteiger partial charge in [0.2, 0.25) is 17.8 Å². The maximum Gasteiger partial charge on any atom is 0.276 e. The highest BCUT2D eigenvalue weighted by Crippen LogP contribution is 2.45. The molecule has 0 spiro atoms. The van der Waals surface area contributed by atoms with Crippen molar-refractivity contribution in [3.63, 3.8) is 0 Å². The van der Waals surface area contributed by atoms with Crippen molar-refractivity contribution in [2.75, 3.05) is 0 Å². The van der Waals surface area contributed by atoms with Gasteiger partial charge in [0.25, 0.3) is 5.91 Å². The van der Waals surface area contributed by atoms with Crippen molar-refractivity contribution >= 4 is 17.5 Å². The minimum absolute atomic E-state index is 0.00927. The molecule has 2 amide bonds. The van der Waals surface area contributed by atoms with Crippen molar-refractivity contribution in [2.24, 2.45) is 17.8 Å². The number of halogens is 4. The highest BCUT2D eigenvalue weighted by molar-refractivity contribution is 5.93. The number of amides is 2. The summed E-state index contributed by atoms with van der Waals surface area (Å²) in [6.07, 6.45) is 5.56. The van der Waals surface area contributed by atoms with Crippen LogP contribution in [0.1, 0.15) is 104 Å². The van der Waals surface area contributed by atoms with Gasteiger partial charge in [0, 0.05) is 32.1 Å². The number of imidazole rings is 1. The van der Waals surface area contributed by atoms with E-state index in [2.05, 4.69) is 30.7 Å². The summed E-state index contributed by atoms with van der Waals surface area (Å²) in [4.78, 5) is 30.6. The minimum Gasteiger partial charge on any atom is -0.349 e. The second-order valence-electron chi connectivity index (χ2n) is 12.2. The molecule has 3 fully saturated rings. The van der Waals surface area contributed by atoms with Gasteiger partial charge in [-0.15, -0.1) is 0 Å². The van der Waals surface area contributed by atoms with Crippen LogP contribution in [0.4, 0.5) is 17.6 Å². The fraction of sp³-hybridized carbons (Fsp3) is 0.643. The number of nitrogens with zero attached hydrogens (tertiary/aromatic N) is 5. The quantitative estimate of drug-likeness (QED) is 0.331. The molecule has 0 radical (unpaired) electrons. The Balaban J connectivity index is 1.24. The summed E-state index contributed by atoms with van der Waals surface area (Å²) in [5, 5.41) is 17.8. The van der Waals surface area contributed by atoms with E-state index in [1.165, 1.54) is 0 Å². The molecular formula is C28H33F4N7O3. The van der Waals surface area contributed by atoms with E-state index in [1.807, 2.05) is 6.07 Å². The lowest BCUT2D eigenvalue weighted by atomic mass is 9.76. The number of alkyl halides is 4. The first kappa shape index (κ1) is 28.5. The third kappa shape index (κ3) is 5.98. The van der Waals surface area contributed by atoms with Crippen LogP contribution in [0.5, 0.6) is 0 Å². The minimum atomic E-state index is -2.74. The standard InChI is InChI=1S/C28H33F4N7O3/c1-15-23(38-42-37-15)26(41)36-25(18-5-7-27(29,30)8-6-18)20-14-39-21(34-20)10-19(13-33-39)24(17-3-2-4-17)35-22(40)9-16-11-28(31,32)12-16/h10,13-14,16-18,24-25H,2-9,11-12H2,1H3,(H,35,40)(H,36,41)/t24?,25-/m0/s1. The van der Waals surface area contributed by atoms with Gasteiger partial charge in [0.15, 0.2) is 11.3 Å². The van der Waals surface area contributed by atoms with E-state index < -0.39 is 23.8 Å². The summed E-state index contributed by atoms with van der Waals surface area (Å²) >= 11 is 0. The third-order valence-corrected chi connectivity index (χ3v) is 9.01. The van der Waals surface area contributed by atoms with Gasteiger partial charge in [0.05, 0.1) is 30.2 Å². The van der Waals surface area contributed by atoms with Crippen LogP contribution < -0.4 is 10.6 Å². The smallest absolute Gasteiger partial charge is 0.276 e. The van der Waals surface area contributed by atoms with Gasteiger partial charge in [-0.1, -0.05) is 11.6 Å². The molecule has 0 aromatic carbocycles. The van der Waals surface area contributed by atoms with Gasteiger partial charge >= 0.3 is 0 Å². The van der Waals surface area contributed by atoms with Crippen LogP contribution >= 0.6 is 0 Å². The highest BCUT2D eigenvalue weighted by Gasteiger charge is 2.46. The summed E-state index contributed by atoms with van der Waals surface area (Å²) in [7, 11) is 0. The Morgan fingerprint density at radius 1 is 1.02 bits per heavy atom. The Morgan fingerprint density at radius 2 is 1.74 bits per heavy atom. The van der Waals surface area contributed by atoms with Crippen molar-refractivity contribution in [3.05, 3.63) is 41.1 Å². The highest BCUT2D eigenvalue weighted by atomic mass is 19.3. The Hall–Kier alpha value is -3.58. The van der Waals surface area contributed by atoms with Gasteiger partial charge in [0.1, 0.15) is 5.69 Å². The first-order chi connectivity index (χ1) is 20.0. The second-order valence-corrected chi connectivity index (χ2v) is 12.2. The summed E-state index contributed by atoms with van der Waals surface area (Å²) in [5.41, 5.74) is 2.00. The zero-order valence-corrected chi connectivity index (χ0v) is 23.2. The Bertz CT molecular complexity index is 1450. The van der Waals surface area contributed by atoms with Gasteiger partial charge in [-0.2, -0.15) is 5.10 Å². The number of aryl methyl sites for hydroxylation is 1. The largest absolute Gasteiger partial charge is 0.349 e. The molecule has 2 N–H and O–H groups in total. The van der Waals surface area contributed by atoms with Gasteiger partial charge in [-0.3, -0.25) is 9.59 Å². The summed E-state index contributed by atoms with van der Waals surface area (Å²) in [5.74, 6) is -6.63. The molecule has 6 rings (SSSR count). The molecule has 0 saturated heterocycles. The molecule has 1 unspecified atom stereocenters. The van der Waals surface area contributed by atoms with Gasteiger partial charge in [-0.05, 0) is 67.1 Å². The van der Waals surface area contributed by atoms with Crippen molar-refractivity contribution in [1.82, 2.24) is 35.5 Å². The second kappa shape index (κ2) is 10.9. The molecule has 3 aromatic rings. The number of hydrogen-bond acceptors (Lipinski definition) is 7. The SMILES string of the molecule is Cc1nonc1C(=O)N[C@H](c1cn2ncc(C(NC(=O)CC3CC(F)(F)C3)C3CCC3)cc2n1)C1CCC(F)(F)CC1. The van der Waals surface area contributed by atoms with Crippen LogP contribution in [-0.2, 0) is 4.79 Å². The van der Waals surface area contributed by atoms with Gasteiger partial charge < -0.3 is 10.6 Å². The average Bonchev–Trinajstić information content (AvgIpc) is 3.50. The summed E-state index contributed by atoms with van der Waals surface area (Å²) < 4.78 is 60.7. The molecule has 0 aliphatic heterocycles. The fourth-order valence-electron chi connectivity index (χ4n) is 6.38. The molecular weight excluding hydrogens is 558 g/mol. The number of nitrogens with one attached hydrogen (secondary N) is 2. The van der Waals surface area contributed by atoms with E-state index in [4.69, 9.17) is 4.98 Å². The van der Waals surface area contributed by atoms with Crippen molar-refractivity contribution in [2.45, 2.75) is 95.1 Å². The molecule has 3 aliphatic carbocycles. The Labute approximate surface area is 239 Å². The summed E-state index contributed by atoms with van der Waals surface area (Å²) in [6.45, 7) is 1.58. The zero-order chi connectivity index (χ0) is 29.6. The number of rotatable bonds is 9.